The molecule has 1 aromatic carbocycles. The summed E-state index contributed by atoms with van der Waals surface area (Å²) >= 11 is 0. The van der Waals surface area contributed by atoms with E-state index < -0.39 is 6.10 Å². The van der Waals surface area contributed by atoms with E-state index >= 15 is 0 Å². The molecule has 1 aliphatic rings. The van der Waals surface area contributed by atoms with Gasteiger partial charge in [0.15, 0.2) is 17.7 Å². The zero-order chi connectivity index (χ0) is 11.7. The molecule has 0 aromatic heterocycles. The minimum atomic E-state index is -0.540. The highest BCUT2D eigenvalue weighted by atomic mass is 19.1. The van der Waals surface area contributed by atoms with E-state index in [1.165, 1.54) is 0 Å². The van der Waals surface area contributed by atoms with Crippen molar-refractivity contribution < 1.29 is 13.9 Å². The second kappa shape index (κ2) is 4.12. The van der Waals surface area contributed by atoms with Gasteiger partial charge in [-0.2, -0.15) is 0 Å². The van der Waals surface area contributed by atoms with Gasteiger partial charge in [0.2, 0.25) is 0 Å². The third kappa shape index (κ3) is 1.87. The number of aryl methyl sites for hydroxylation is 1. The van der Waals surface area contributed by atoms with Crippen molar-refractivity contribution in [3.8, 4) is 5.75 Å². The normalized spacial score (nSPS) is 20.3. The summed E-state index contributed by atoms with van der Waals surface area (Å²) in [6.07, 6.45) is 0.0733. The van der Waals surface area contributed by atoms with Crippen LogP contribution in [0.15, 0.2) is 18.2 Å². The van der Waals surface area contributed by atoms with Gasteiger partial charge in [-0.15, -0.1) is 0 Å². The molecule has 16 heavy (non-hydrogen) atoms. The number of hydrogen-bond acceptors (Lipinski definition) is 2. The fraction of sp³-hybridized carbons (Fsp3) is 0.417. The highest BCUT2D eigenvalue weighted by Gasteiger charge is 2.31. The van der Waals surface area contributed by atoms with Crippen LogP contribution in [0.5, 0.6) is 5.75 Å². The number of carbonyl (C=O) groups excluding carboxylic acids is 1. The first-order chi connectivity index (χ1) is 7.59. The van der Waals surface area contributed by atoms with E-state index in [1.807, 2.05) is 0 Å². The van der Waals surface area contributed by atoms with Gasteiger partial charge in [0.25, 0.3) is 5.91 Å². The minimum Gasteiger partial charge on any atom is -0.477 e. The number of amides is 1. The van der Waals surface area contributed by atoms with Crippen molar-refractivity contribution in [2.24, 2.45) is 0 Å². The average molecular weight is 223 g/mol. The van der Waals surface area contributed by atoms with E-state index in [2.05, 4.69) is 0 Å². The molecule has 1 amide bonds. The smallest absolute Gasteiger partial charge is 0.263 e. The quantitative estimate of drug-likeness (QED) is 0.764. The van der Waals surface area contributed by atoms with Crippen molar-refractivity contribution >= 4 is 5.91 Å². The van der Waals surface area contributed by atoms with E-state index in [9.17, 15) is 9.18 Å². The molecule has 1 aliphatic heterocycles. The number of nitrogens with zero attached hydrogens (tertiary/aromatic N) is 1. The Hall–Kier alpha value is -1.58. The summed E-state index contributed by atoms with van der Waals surface area (Å²) in [6.45, 7) is 2.34. The molecule has 86 valence electrons. The van der Waals surface area contributed by atoms with E-state index in [1.54, 1.807) is 37.1 Å². The maximum Gasteiger partial charge on any atom is 0.263 e. The first kappa shape index (κ1) is 10.9. The van der Waals surface area contributed by atoms with Gasteiger partial charge in [-0.25, -0.2) is 4.39 Å². The van der Waals surface area contributed by atoms with Gasteiger partial charge in [0.05, 0.1) is 0 Å². The van der Waals surface area contributed by atoms with Crippen LogP contribution < -0.4 is 4.74 Å². The number of halogens is 1. The molecule has 1 atom stereocenters. The Morgan fingerprint density at radius 1 is 1.50 bits per heavy atom. The molecule has 0 aliphatic carbocycles. The molecule has 1 fully saturated rings. The second-order valence-electron chi connectivity index (χ2n) is 4.04. The van der Waals surface area contributed by atoms with E-state index in [0.717, 1.165) is 0 Å². The zero-order valence-corrected chi connectivity index (χ0v) is 9.37. The lowest BCUT2D eigenvalue weighted by atomic mass is 10.2. The molecule has 4 heteroatoms. The molecular weight excluding hydrogens is 209 g/mol. The van der Waals surface area contributed by atoms with Gasteiger partial charge >= 0.3 is 0 Å². The standard InChI is InChI=1S/C12H14FNO2/c1-8-4-3-5-9(11(8)13)16-10-6-7-14(2)12(10)15/h3-5,10H,6-7H2,1-2H3/t10-/m1/s1. The van der Waals surface area contributed by atoms with Gasteiger partial charge in [0.1, 0.15) is 0 Å². The summed E-state index contributed by atoms with van der Waals surface area (Å²) in [6, 6.07) is 4.94. The monoisotopic (exact) mass is 223 g/mol. The van der Waals surface area contributed by atoms with Crippen molar-refractivity contribution in [3.05, 3.63) is 29.6 Å². The fourth-order valence-electron chi connectivity index (χ4n) is 1.76. The molecule has 0 saturated carbocycles. The predicted molar refractivity (Wildman–Crippen MR) is 57.8 cm³/mol. The van der Waals surface area contributed by atoms with Crippen LogP contribution in [0.25, 0.3) is 0 Å². The van der Waals surface area contributed by atoms with Crippen LogP contribution in [-0.4, -0.2) is 30.5 Å². The molecule has 0 unspecified atom stereocenters. The first-order valence-corrected chi connectivity index (χ1v) is 5.26. The van der Waals surface area contributed by atoms with Crippen LogP contribution in [0.3, 0.4) is 0 Å². The molecule has 2 rings (SSSR count). The van der Waals surface area contributed by atoms with Crippen molar-refractivity contribution in [1.29, 1.82) is 0 Å². The van der Waals surface area contributed by atoms with Crippen LogP contribution >= 0.6 is 0 Å². The predicted octanol–water partition coefficient (Wildman–Crippen LogP) is 1.74. The Labute approximate surface area is 93.8 Å². The lowest BCUT2D eigenvalue weighted by molar-refractivity contribution is -0.132. The lowest BCUT2D eigenvalue weighted by Crippen LogP contribution is -2.29. The molecule has 1 heterocycles. The second-order valence-corrected chi connectivity index (χ2v) is 4.04. The van der Waals surface area contributed by atoms with Crippen molar-refractivity contribution in [1.82, 2.24) is 4.90 Å². The first-order valence-electron chi connectivity index (χ1n) is 5.26. The molecular formula is C12H14FNO2. The van der Waals surface area contributed by atoms with Gasteiger partial charge < -0.3 is 9.64 Å². The Balaban J connectivity index is 2.16. The zero-order valence-electron chi connectivity index (χ0n) is 9.37. The van der Waals surface area contributed by atoms with Crippen LogP contribution in [0.1, 0.15) is 12.0 Å². The number of ether oxygens (including phenoxy) is 1. The molecule has 0 spiro atoms. The number of likely N-dealkylation sites (tertiary alicyclic amines) is 1. The van der Waals surface area contributed by atoms with Gasteiger partial charge in [-0.1, -0.05) is 12.1 Å². The van der Waals surface area contributed by atoms with Crippen LogP contribution in [0.2, 0.25) is 0 Å². The van der Waals surface area contributed by atoms with E-state index in [0.29, 0.717) is 18.5 Å². The Kier molecular flexibility index (Phi) is 2.81. The summed E-state index contributed by atoms with van der Waals surface area (Å²) < 4.78 is 19.0. The van der Waals surface area contributed by atoms with E-state index in [-0.39, 0.29) is 17.5 Å². The summed E-state index contributed by atoms with van der Waals surface area (Å²) in [5.74, 6) is -0.306. The number of benzene rings is 1. The van der Waals surface area contributed by atoms with Crippen molar-refractivity contribution in [2.45, 2.75) is 19.4 Å². The molecule has 0 radical (unpaired) electrons. The Morgan fingerprint density at radius 2 is 2.25 bits per heavy atom. The molecule has 0 N–H and O–H groups in total. The number of hydrogen-bond donors (Lipinski definition) is 0. The fourth-order valence-corrected chi connectivity index (χ4v) is 1.76. The maximum absolute atomic E-state index is 13.6. The third-order valence-corrected chi connectivity index (χ3v) is 2.80. The summed E-state index contributed by atoms with van der Waals surface area (Å²) in [7, 11) is 1.72. The summed E-state index contributed by atoms with van der Waals surface area (Å²) in [4.78, 5) is 13.2. The van der Waals surface area contributed by atoms with Crippen LogP contribution in [0.4, 0.5) is 4.39 Å². The highest BCUT2D eigenvalue weighted by molar-refractivity contribution is 5.83. The molecule has 3 nitrogen and oxygen atoms in total. The molecule has 1 aromatic rings. The SMILES string of the molecule is Cc1cccc(O[C@@H]2CCN(C)C2=O)c1F. The Morgan fingerprint density at radius 3 is 2.88 bits per heavy atom. The topological polar surface area (TPSA) is 29.5 Å². The summed E-state index contributed by atoms with van der Waals surface area (Å²) in [5, 5.41) is 0. The van der Waals surface area contributed by atoms with Gasteiger partial charge in [-0.05, 0) is 18.6 Å². The average Bonchev–Trinajstić information content (AvgIpc) is 2.57. The Bertz CT molecular complexity index is 419. The van der Waals surface area contributed by atoms with Gasteiger partial charge in [0, 0.05) is 20.0 Å². The summed E-state index contributed by atoms with van der Waals surface area (Å²) in [5.41, 5.74) is 0.524. The van der Waals surface area contributed by atoms with E-state index in [4.69, 9.17) is 4.74 Å². The van der Waals surface area contributed by atoms with Crippen molar-refractivity contribution in [2.75, 3.05) is 13.6 Å². The number of rotatable bonds is 2. The van der Waals surface area contributed by atoms with Gasteiger partial charge in [-0.3, -0.25) is 4.79 Å². The molecule has 0 bridgehead atoms. The highest BCUT2D eigenvalue weighted by Crippen LogP contribution is 2.23. The lowest BCUT2D eigenvalue weighted by Gasteiger charge is -2.14. The molecule has 1 saturated heterocycles. The number of carbonyl (C=O) groups is 1. The van der Waals surface area contributed by atoms with Crippen molar-refractivity contribution in [3.63, 3.8) is 0 Å². The third-order valence-electron chi connectivity index (χ3n) is 2.80. The maximum atomic E-state index is 13.6. The minimum absolute atomic E-state index is 0.0825. The van der Waals surface area contributed by atoms with Crippen LogP contribution in [-0.2, 0) is 4.79 Å². The van der Waals surface area contributed by atoms with Crippen LogP contribution in [0, 0.1) is 12.7 Å². The largest absolute Gasteiger partial charge is 0.477 e. The number of likely N-dealkylation sites (N-methyl/N-ethyl adjacent to an activating group) is 1.